The van der Waals surface area contributed by atoms with Crippen LogP contribution in [-0.2, 0) is 14.3 Å². The molecule has 0 spiro atoms. The summed E-state index contributed by atoms with van der Waals surface area (Å²) in [6, 6.07) is 4.55. The first kappa shape index (κ1) is 20.9. The van der Waals surface area contributed by atoms with Crippen LogP contribution in [0.3, 0.4) is 0 Å². The van der Waals surface area contributed by atoms with Gasteiger partial charge in [0, 0.05) is 25.4 Å². The lowest BCUT2D eigenvalue weighted by Crippen LogP contribution is -2.35. The molecule has 0 N–H and O–H groups in total. The molecule has 1 aliphatic rings. The largest absolute Gasteiger partial charge is 0.487 e. The number of carbonyl (C=O) groups is 2. The second-order valence-electron chi connectivity index (χ2n) is 6.79. The normalized spacial score (nSPS) is 19.5. The van der Waals surface area contributed by atoms with E-state index in [9.17, 15) is 18.4 Å². The monoisotopic (exact) mass is 385 g/mol. The summed E-state index contributed by atoms with van der Waals surface area (Å²) in [5.74, 6) is -0.346. The molecular weight excluding hydrogens is 360 g/mol. The Morgan fingerprint density at radius 1 is 1.22 bits per heavy atom. The number of methoxy groups -OCH3 is 1. The van der Waals surface area contributed by atoms with Gasteiger partial charge >= 0.3 is 12.6 Å². The molecule has 1 saturated heterocycles. The van der Waals surface area contributed by atoms with Gasteiger partial charge in [0.2, 0.25) is 5.91 Å². The maximum atomic E-state index is 12.6. The summed E-state index contributed by atoms with van der Waals surface area (Å²) < 4.78 is 40.1. The quantitative estimate of drug-likeness (QED) is 0.674. The van der Waals surface area contributed by atoms with Crippen molar-refractivity contribution in [1.82, 2.24) is 4.90 Å². The van der Waals surface area contributed by atoms with Crippen molar-refractivity contribution in [3.8, 4) is 11.5 Å². The van der Waals surface area contributed by atoms with Crippen LogP contribution in [0.4, 0.5) is 8.78 Å². The number of likely N-dealkylation sites (tertiary alicyclic amines) is 1. The Bertz CT molecular complexity index is 680. The molecule has 0 radical (unpaired) electrons. The first-order valence-electron chi connectivity index (χ1n) is 8.80. The molecule has 0 bridgehead atoms. The van der Waals surface area contributed by atoms with Gasteiger partial charge in [-0.1, -0.05) is 6.07 Å². The molecule has 1 amide bonds. The van der Waals surface area contributed by atoms with Gasteiger partial charge in [0.15, 0.2) is 11.5 Å². The van der Waals surface area contributed by atoms with Crippen LogP contribution in [0, 0.1) is 0 Å². The fraction of sp³-hybridized carbons (Fsp3) is 0.579. The van der Waals surface area contributed by atoms with Gasteiger partial charge in [-0.05, 0) is 38.0 Å². The van der Waals surface area contributed by atoms with E-state index in [0.717, 1.165) is 5.56 Å². The zero-order valence-electron chi connectivity index (χ0n) is 15.9. The van der Waals surface area contributed by atoms with Crippen LogP contribution < -0.4 is 9.47 Å². The van der Waals surface area contributed by atoms with E-state index < -0.39 is 6.61 Å². The summed E-state index contributed by atoms with van der Waals surface area (Å²) in [7, 11) is 1.31. The highest BCUT2D eigenvalue weighted by Gasteiger charge is 2.36. The summed E-state index contributed by atoms with van der Waals surface area (Å²) in [5.41, 5.74) is 0.839. The second kappa shape index (κ2) is 9.01. The Morgan fingerprint density at radius 2 is 1.93 bits per heavy atom. The summed E-state index contributed by atoms with van der Waals surface area (Å²) >= 11 is 0. The molecule has 0 unspecified atom stereocenters. The topological polar surface area (TPSA) is 65.1 Å². The molecule has 1 heterocycles. The van der Waals surface area contributed by atoms with Crippen molar-refractivity contribution in [2.75, 3.05) is 13.7 Å². The van der Waals surface area contributed by atoms with Crippen LogP contribution in [0.15, 0.2) is 18.2 Å². The van der Waals surface area contributed by atoms with E-state index >= 15 is 0 Å². The number of esters is 1. The fourth-order valence-electron chi connectivity index (χ4n) is 3.33. The number of hydrogen-bond donors (Lipinski definition) is 0. The van der Waals surface area contributed by atoms with E-state index in [1.165, 1.54) is 20.1 Å². The van der Waals surface area contributed by atoms with Crippen molar-refractivity contribution >= 4 is 11.9 Å². The van der Waals surface area contributed by atoms with Crippen LogP contribution in [0.5, 0.6) is 11.5 Å². The Labute approximate surface area is 157 Å². The zero-order valence-corrected chi connectivity index (χ0v) is 15.9. The van der Waals surface area contributed by atoms with Gasteiger partial charge in [0.25, 0.3) is 0 Å². The number of amides is 1. The van der Waals surface area contributed by atoms with E-state index in [0.29, 0.717) is 13.0 Å². The van der Waals surface area contributed by atoms with Gasteiger partial charge in [-0.2, -0.15) is 8.78 Å². The highest BCUT2D eigenvalue weighted by Crippen LogP contribution is 2.38. The molecule has 2 atom stereocenters. The van der Waals surface area contributed by atoms with Gasteiger partial charge in [-0.3, -0.25) is 9.59 Å². The Kier molecular flexibility index (Phi) is 6.98. The molecular formula is C19H25F2NO5. The first-order chi connectivity index (χ1) is 12.7. The molecule has 1 fully saturated rings. The minimum atomic E-state index is -2.95. The van der Waals surface area contributed by atoms with Gasteiger partial charge in [0.1, 0.15) is 0 Å². The van der Waals surface area contributed by atoms with Crippen LogP contribution in [-0.4, -0.2) is 49.2 Å². The van der Waals surface area contributed by atoms with Crippen molar-refractivity contribution in [1.29, 1.82) is 0 Å². The number of rotatable bonds is 7. The molecule has 8 heteroatoms. The summed E-state index contributed by atoms with van der Waals surface area (Å²) in [6.07, 6.45) is 0.476. The number of benzene rings is 1. The van der Waals surface area contributed by atoms with Gasteiger partial charge in [0.05, 0.1) is 19.6 Å². The summed E-state index contributed by atoms with van der Waals surface area (Å²) in [5, 5.41) is 0. The standard InChI is InChI=1S/C19H25F2NO5/c1-11(2)26-17-8-13(5-6-16(17)27-19(20)21)14-7-15(9-18(24)25-4)22(10-14)12(3)23/h5-6,8,11,14-15,19H,7,9-10H2,1-4H3/t14-,15-/m1/s1. The molecule has 27 heavy (non-hydrogen) atoms. The summed E-state index contributed by atoms with van der Waals surface area (Å²) in [6.45, 7) is 2.53. The molecule has 6 nitrogen and oxygen atoms in total. The maximum absolute atomic E-state index is 12.6. The third-order valence-electron chi connectivity index (χ3n) is 4.47. The van der Waals surface area contributed by atoms with Crippen LogP contribution in [0.25, 0.3) is 0 Å². The highest BCUT2D eigenvalue weighted by molar-refractivity contribution is 5.76. The van der Waals surface area contributed by atoms with Crippen molar-refractivity contribution in [3.63, 3.8) is 0 Å². The average Bonchev–Trinajstić information content (AvgIpc) is 2.99. The summed E-state index contributed by atoms with van der Waals surface area (Å²) in [4.78, 5) is 25.2. The second-order valence-corrected chi connectivity index (χ2v) is 6.79. The molecule has 0 aliphatic carbocycles. The molecule has 150 valence electrons. The number of ether oxygens (including phenoxy) is 3. The van der Waals surface area contributed by atoms with Gasteiger partial charge < -0.3 is 19.1 Å². The van der Waals surface area contributed by atoms with E-state index in [-0.39, 0.29) is 47.9 Å². The number of alkyl halides is 2. The van der Waals surface area contributed by atoms with E-state index in [1.54, 1.807) is 30.9 Å². The van der Waals surface area contributed by atoms with E-state index in [1.807, 2.05) is 0 Å². The Hall–Kier alpha value is -2.38. The van der Waals surface area contributed by atoms with Crippen LogP contribution in [0.2, 0.25) is 0 Å². The number of carbonyl (C=O) groups excluding carboxylic acids is 2. The first-order valence-corrected chi connectivity index (χ1v) is 8.80. The predicted octanol–water partition coefficient (Wildman–Crippen LogP) is 3.34. The Balaban J connectivity index is 2.25. The lowest BCUT2D eigenvalue weighted by Gasteiger charge is -2.22. The molecule has 1 aromatic carbocycles. The van der Waals surface area contributed by atoms with Crippen molar-refractivity contribution in [2.45, 2.75) is 58.3 Å². The lowest BCUT2D eigenvalue weighted by atomic mass is 9.95. The molecule has 1 aliphatic heterocycles. The smallest absolute Gasteiger partial charge is 0.387 e. The maximum Gasteiger partial charge on any atom is 0.387 e. The predicted molar refractivity (Wildman–Crippen MR) is 94.0 cm³/mol. The van der Waals surface area contributed by atoms with Gasteiger partial charge in [-0.25, -0.2) is 0 Å². The fourth-order valence-corrected chi connectivity index (χ4v) is 3.33. The van der Waals surface area contributed by atoms with Crippen LogP contribution in [0.1, 0.15) is 45.1 Å². The number of halogens is 2. The van der Waals surface area contributed by atoms with Crippen molar-refractivity contribution in [3.05, 3.63) is 23.8 Å². The molecule has 1 aromatic rings. The third kappa shape index (κ3) is 5.55. The number of nitrogens with zero attached hydrogens (tertiary/aromatic N) is 1. The lowest BCUT2D eigenvalue weighted by molar-refractivity contribution is -0.142. The SMILES string of the molecule is COC(=O)C[C@H]1C[C@@H](c2ccc(OC(F)F)c(OC(C)C)c2)CN1C(C)=O. The minimum Gasteiger partial charge on any atom is -0.487 e. The van der Waals surface area contributed by atoms with E-state index in [2.05, 4.69) is 4.74 Å². The zero-order chi connectivity index (χ0) is 20.1. The van der Waals surface area contributed by atoms with E-state index in [4.69, 9.17) is 9.47 Å². The molecule has 0 aromatic heterocycles. The molecule has 2 rings (SSSR count). The minimum absolute atomic E-state index is 0.0324. The third-order valence-corrected chi connectivity index (χ3v) is 4.47. The van der Waals surface area contributed by atoms with Crippen molar-refractivity contribution < 1.29 is 32.6 Å². The van der Waals surface area contributed by atoms with Gasteiger partial charge in [-0.15, -0.1) is 0 Å². The van der Waals surface area contributed by atoms with Crippen molar-refractivity contribution in [2.24, 2.45) is 0 Å². The van der Waals surface area contributed by atoms with Crippen LogP contribution >= 0.6 is 0 Å². The average molecular weight is 385 g/mol. The molecule has 0 saturated carbocycles. The highest BCUT2D eigenvalue weighted by atomic mass is 19.3. The Morgan fingerprint density at radius 3 is 2.48 bits per heavy atom. The number of hydrogen-bond acceptors (Lipinski definition) is 5.